The molecule has 170 valence electrons. The molecule has 4 rings (SSSR count). The molecular weight excluding hydrogens is 427 g/mol. The van der Waals surface area contributed by atoms with Crippen LogP contribution in [-0.4, -0.2) is 40.4 Å². The van der Waals surface area contributed by atoms with E-state index >= 15 is 0 Å². The van der Waals surface area contributed by atoms with Gasteiger partial charge in [-0.15, -0.1) is 13.2 Å². The van der Waals surface area contributed by atoms with E-state index in [9.17, 15) is 27.9 Å². The minimum Gasteiger partial charge on any atom is -0.490 e. The Morgan fingerprint density at radius 2 is 1.62 bits per heavy atom. The number of carbonyl (C=O) groups is 2. The topological polar surface area (TPSA) is 76.1 Å². The van der Waals surface area contributed by atoms with E-state index in [0.29, 0.717) is 5.75 Å². The van der Waals surface area contributed by atoms with Gasteiger partial charge in [0.2, 0.25) is 0 Å². The van der Waals surface area contributed by atoms with Crippen molar-refractivity contribution in [1.82, 2.24) is 4.90 Å². The summed E-state index contributed by atoms with van der Waals surface area (Å²) in [5.74, 6) is -1.50. The minimum absolute atomic E-state index is 0.0633. The Morgan fingerprint density at radius 1 is 0.969 bits per heavy atom. The number of hydrogen-bond donors (Lipinski definition) is 1. The van der Waals surface area contributed by atoms with Crippen molar-refractivity contribution in [2.45, 2.75) is 57.2 Å². The molecule has 1 unspecified atom stereocenters. The van der Waals surface area contributed by atoms with Crippen molar-refractivity contribution in [3.8, 4) is 11.5 Å². The molecule has 1 atom stereocenters. The molecule has 1 fully saturated rings. The first-order chi connectivity index (χ1) is 15.2. The Bertz CT molecular complexity index is 1000. The molecule has 1 N–H and O–H groups in total. The minimum atomic E-state index is -4.84. The van der Waals surface area contributed by atoms with Crippen molar-refractivity contribution in [3.63, 3.8) is 0 Å². The second-order valence-electron chi connectivity index (χ2n) is 8.02. The number of nitrogens with zero attached hydrogens (tertiary/aromatic N) is 1. The van der Waals surface area contributed by atoms with Crippen LogP contribution in [0.2, 0.25) is 0 Å². The fraction of sp³-hybridized carbons (Fsp3) is 0.391. The van der Waals surface area contributed by atoms with Gasteiger partial charge in [-0.25, -0.2) is 4.79 Å². The van der Waals surface area contributed by atoms with Crippen LogP contribution >= 0.6 is 0 Å². The largest absolute Gasteiger partial charge is 0.573 e. The van der Waals surface area contributed by atoms with Crippen LogP contribution in [-0.2, 0) is 17.8 Å². The second kappa shape index (κ2) is 8.72. The van der Waals surface area contributed by atoms with Crippen LogP contribution in [0.4, 0.5) is 13.2 Å². The number of carboxylic acid groups (broad SMARTS) is 1. The zero-order chi connectivity index (χ0) is 22.9. The van der Waals surface area contributed by atoms with Crippen molar-refractivity contribution in [2.75, 3.05) is 0 Å². The van der Waals surface area contributed by atoms with E-state index < -0.39 is 30.0 Å². The first kappa shape index (κ1) is 22.0. The van der Waals surface area contributed by atoms with Crippen LogP contribution in [0, 0.1) is 0 Å². The first-order valence-electron chi connectivity index (χ1n) is 10.4. The molecule has 1 heterocycles. The summed E-state index contributed by atoms with van der Waals surface area (Å²) in [7, 11) is 0. The van der Waals surface area contributed by atoms with Crippen LogP contribution in [0.1, 0.15) is 47.2 Å². The number of halogens is 3. The highest BCUT2D eigenvalue weighted by Gasteiger charge is 2.36. The van der Waals surface area contributed by atoms with Gasteiger partial charge in [-0.1, -0.05) is 6.07 Å². The third-order valence-electron chi connectivity index (χ3n) is 5.79. The zero-order valence-electron chi connectivity index (χ0n) is 17.1. The second-order valence-corrected chi connectivity index (χ2v) is 8.02. The summed E-state index contributed by atoms with van der Waals surface area (Å²) in [6, 6.07) is 8.86. The van der Waals surface area contributed by atoms with Gasteiger partial charge < -0.3 is 19.5 Å². The molecule has 0 saturated heterocycles. The number of ether oxygens (including phenoxy) is 2. The Morgan fingerprint density at radius 3 is 2.25 bits per heavy atom. The monoisotopic (exact) mass is 449 g/mol. The molecule has 1 aliphatic carbocycles. The molecule has 32 heavy (non-hydrogen) atoms. The van der Waals surface area contributed by atoms with E-state index in [0.717, 1.165) is 48.9 Å². The van der Waals surface area contributed by atoms with Crippen molar-refractivity contribution < 1.29 is 37.3 Å². The summed E-state index contributed by atoms with van der Waals surface area (Å²) in [5, 5.41) is 9.68. The lowest BCUT2D eigenvalue weighted by Gasteiger charge is -2.35. The van der Waals surface area contributed by atoms with Crippen LogP contribution < -0.4 is 9.47 Å². The lowest BCUT2D eigenvalue weighted by atomic mass is 9.93. The fourth-order valence-corrected chi connectivity index (χ4v) is 4.23. The lowest BCUT2D eigenvalue weighted by Crippen LogP contribution is -2.48. The van der Waals surface area contributed by atoms with Crippen molar-refractivity contribution in [3.05, 3.63) is 59.2 Å². The first-order valence-corrected chi connectivity index (χ1v) is 10.4. The summed E-state index contributed by atoms with van der Waals surface area (Å²) in [6.07, 6.45) is -0.285. The molecule has 2 aromatic carbocycles. The quantitative estimate of drug-likeness (QED) is 0.725. The Balaban J connectivity index is 1.55. The summed E-state index contributed by atoms with van der Waals surface area (Å²) >= 11 is 0. The summed E-state index contributed by atoms with van der Waals surface area (Å²) in [4.78, 5) is 26.1. The van der Waals surface area contributed by atoms with Gasteiger partial charge in [0.05, 0.1) is 6.10 Å². The number of hydrogen-bond acceptors (Lipinski definition) is 4. The van der Waals surface area contributed by atoms with Crippen LogP contribution in [0.25, 0.3) is 0 Å². The average Bonchev–Trinajstić information content (AvgIpc) is 3.24. The van der Waals surface area contributed by atoms with Gasteiger partial charge in [0.1, 0.15) is 17.5 Å². The van der Waals surface area contributed by atoms with E-state index in [4.69, 9.17) is 4.74 Å². The SMILES string of the molecule is O=C(O)C1Cc2ccc(OC3CCCC3)cc2CN1C(=O)c1ccc(OC(F)(F)F)cc1. The van der Waals surface area contributed by atoms with Crippen LogP contribution in [0.3, 0.4) is 0 Å². The van der Waals surface area contributed by atoms with Crippen molar-refractivity contribution in [2.24, 2.45) is 0 Å². The number of rotatable bonds is 5. The maximum atomic E-state index is 13.1. The summed E-state index contributed by atoms with van der Waals surface area (Å²) in [5.41, 5.74) is 1.70. The van der Waals surface area contributed by atoms with E-state index in [1.54, 1.807) is 0 Å². The molecule has 2 aliphatic rings. The van der Waals surface area contributed by atoms with Crippen LogP contribution in [0.5, 0.6) is 11.5 Å². The molecule has 1 amide bonds. The molecule has 0 spiro atoms. The van der Waals surface area contributed by atoms with Gasteiger partial charge in [-0.2, -0.15) is 0 Å². The highest BCUT2D eigenvalue weighted by molar-refractivity contribution is 5.97. The molecule has 1 aliphatic heterocycles. The number of aliphatic carboxylic acids is 1. The molecule has 0 radical (unpaired) electrons. The fourth-order valence-electron chi connectivity index (χ4n) is 4.23. The third-order valence-corrected chi connectivity index (χ3v) is 5.79. The summed E-state index contributed by atoms with van der Waals surface area (Å²) in [6.45, 7) is 0.0633. The van der Waals surface area contributed by atoms with Gasteiger partial charge in [0.15, 0.2) is 0 Å². The van der Waals surface area contributed by atoms with Gasteiger partial charge in [0.25, 0.3) is 5.91 Å². The van der Waals surface area contributed by atoms with E-state index in [-0.39, 0.29) is 24.6 Å². The van der Waals surface area contributed by atoms with Gasteiger partial charge >= 0.3 is 12.3 Å². The maximum absolute atomic E-state index is 13.1. The lowest BCUT2D eigenvalue weighted by molar-refractivity contribution is -0.274. The molecular formula is C23H22F3NO5. The van der Waals surface area contributed by atoms with E-state index in [1.165, 1.54) is 17.0 Å². The van der Waals surface area contributed by atoms with Crippen molar-refractivity contribution in [1.29, 1.82) is 0 Å². The van der Waals surface area contributed by atoms with E-state index in [2.05, 4.69) is 4.74 Å². The standard InChI is InChI=1S/C23H22F3NO5/c24-23(25,26)32-18-8-5-14(6-9-18)21(28)27-13-16-11-19(31-17-3-1-2-4-17)10-7-15(16)12-20(27)22(29)30/h5-11,17,20H,1-4,12-13H2,(H,29,30). The number of amides is 1. The predicted octanol–water partition coefficient (Wildman–Crippen LogP) is 4.56. The number of carboxylic acids is 1. The zero-order valence-corrected chi connectivity index (χ0v) is 17.1. The Kier molecular flexibility index (Phi) is 5.99. The maximum Gasteiger partial charge on any atom is 0.573 e. The highest BCUT2D eigenvalue weighted by atomic mass is 19.4. The third kappa shape index (κ3) is 4.98. The molecule has 0 bridgehead atoms. The van der Waals surface area contributed by atoms with Gasteiger partial charge in [-0.3, -0.25) is 4.79 Å². The number of fused-ring (bicyclic) bond motifs is 1. The molecule has 6 nitrogen and oxygen atoms in total. The van der Waals surface area contributed by atoms with Gasteiger partial charge in [-0.05, 0) is 73.2 Å². The molecule has 1 saturated carbocycles. The molecule has 0 aromatic heterocycles. The van der Waals surface area contributed by atoms with Crippen molar-refractivity contribution >= 4 is 11.9 Å². The smallest absolute Gasteiger partial charge is 0.490 e. The molecule has 2 aromatic rings. The molecule has 9 heteroatoms. The van der Waals surface area contributed by atoms with E-state index in [1.807, 2.05) is 18.2 Å². The highest BCUT2D eigenvalue weighted by Crippen LogP contribution is 2.31. The summed E-state index contributed by atoms with van der Waals surface area (Å²) < 4.78 is 46.9. The van der Waals surface area contributed by atoms with Crippen LogP contribution in [0.15, 0.2) is 42.5 Å². The predicted molar refractivity (Wildman–Crippen MR) is 107 cm³/mol. The number of alkyl halides is 3. The average molecular weight is 449 g/mol. The Hall–Kier alpha value is -3.23. The number of carbonyl (C=O) groups excluding carboxylic acids is 1. The Labute approximate surface area is 182 Å². The number of benzene rings is 2. The van der Waals surface area contributed by atoms with Gasteiger partial charge in [0, 0.05) is 18.5 Å². The normalized spacial score (nSPS) is 18.8.